The van der Waals surface area contributed by atoms with Crippen LogP contribution in [0.4, 0.5) is 33.1 Å². The molecule has 0 bridgehead atoms. The van der Waals surface area contributed by atoms with Crippen LogP contribution < -0.4 is 20.9 Å². The van der Waals surface area contributed by atoms with E-state index in [0.717, 1.165) is 58.1 Å². The molecule has 4 aromatic rings. The van der Waals surface area contributed by atoms with Gasteiger partial charge in [-0.1, -0.05) is 29.5 Å². The average Bonchev–Trinajstić information content (AvgIpc) is 3.66. The van der Waals surface area contributed by atoms with E-state index in [-0.39, 0.29) is 6.03 Å². The zero-order chi connectivity index (χ0) is 27.5. The maximum atomic E-state index is 12.4. The van der Waals surface area contributed by atoms with E-state index in [4.69, 9.17) is 4.52 Å². The van der Waals surface area contributed by atoms with Crippen molar-refractivity contribution in [3.8, 4) is 10.4 Å². The van der Waals surface area contributed by atoms with E-state index in [1.54, 1.807) is 17.4 Å². The summed E-state index contributed by atoms with van der Waals surface area (Å²) in [6.45, 7) is 7.76. The number of rotatable bonds is 8. The first kappa shape index (κ1) is 26.6. The Bertz CT molecular complexity index is 1470. The number of hydrogen-bond donors (Lipinski definition) is 3. The van der Waals surface area contributed by atoms with Crippen LogP contribution in [0, 0.1) is 13.8 Å². The van der Waals surface area contributed by atoms with Crippen LogP contribution in [0.2, 0.25) is 0 Å². The van der Waals surface area contributed by atoms with Gasteiger partial charge in [-0.2, -0.15) is 0 Å². The molecule has 0 saturated carbocycles. The number of aromatic nitrogens is 4. The summed E-state index contributed by atoms with van der Waals surface area (Å²) in [4.78, 5) is 31.8. The Morgan fingerprint density at radius 2 is 2.00 bits per heavy atom. The molecule has 4 heterocycles. The number of benzene rings is 1. The number of likely N-dealkylation sites (N-methyl/N-ethyl adjacent to an activating group) is 1. The molecule has 0 spiro atoms. The molecule has 1 aliphatic rings. The van der Waals surface area contributed by atoms with Crippen molar-refractivity contribution >= 4 is 45.6 Å². The van der Waals surface area contributed by atoms with Gasteiger partial charge in [-0.05, 0) is 57.6 Å². The van der Waals surface area contributed by atoms with Crippen LogP contribution in [0.15, 0.2) is 41.1 Å². The number of thiazole rings is 1. The van der Waals surface area contributed by atoms with Gasteiger partial charge in [0.25, 0.3) is 0 Å². The van der Waals surface area contributed by atoms with E-state index < -0.39 is 0 Å². The number of urea groups is 1. The first-order valence-corrected chi connectivity index (χ1v) is 13.7. The van der Waals surface area contributed by atoms with Gasteiger partial charge >= 0.3 is 6.03 Å². The number of anilines is 5. The van der Waals surface area contributed by atoms with Gasteiger partial charge in [0.05, 0.1) is 4.88 Å². The van der Waals surface area contributed by atoms with E-state index in [0.29, 0.717) is 29.7 Å². The summed E-state index contributed by atoms with van der Waals surface area (Å²) in [6, 6.07) is 9.73. The van der Waals surface area contributed by atoms with Gasteiger partial charge in [-0.15, -0.1) is 0 Å². The number of amides is 2. The minimum atomic E-state index is -0.378. The Morgan fingerprint density at radius 1 is 1.15 bits per heavy atom. The van der Waals surface area contributed by atoms with Gasteiger partial charge < -0.3 is 25.0 Å². The SMILES string of the molecule is CCc1cc(NC(=O)Nc2ccc(-c3cnc(Nc4cc(N5CCC(N(C)C)C5)nc(C)n4)s3)cc2C)no1. The van der Waals surface area contributed by atoms with Crippen LogP contribution >= 0.6 is 11.3 Å². The monoisotopic (exact) mass is 547 g/mol. The van der Waals surface area contributed by atoms with E-state index in [1.807, 2.05) is 51.2 Å². The molecule has 3 N–H and O–H groups in total. The lowest BCUT2D eigenvalue weighted by atomic mass is 10.1. The summed E-state index contributed by atoms with van der Waals surface area (Å²) in [7, 11) is 4.24. The Kier molecular flexibility index (Phi) is 7.75. The second-order valence-electron chi connectivity index (χ2n) is 9.81. The lowest BCUT2D eigenvalue weighted by Crippen LogP contribution is -2.31. The predicted molar refractivity (Wildman–Crippen MR) is 155 cm³/mol. The lowest BCUT2D eigenvalue weighted by molar-refractivity contribution is 0.262. The third kappa shape index (κ3) is 6.35. The smallest absolute Gasteiger partial charge is 0.324 e. The Balaban J connectivity index is 1.24. The van der Waals surface area contributed by atoms with Gasteiger partial charge in [-0.25, -0.2) is 19.7 Å². The van der Waals surface area contributed by atoms with Gasteiger partial charge in [-0.3, -0.25) is 5.32 Å². The van der Waals surface area contributed by atoms with Crippen molar-refractivity contribution in [3.63, 3.8) is 0 Å². The maximum absolute atomic E-state index is 12.4. The lowest BCUT2D eigenvalue weighted by Gasteiger charge is -2.21. The van der Waals surface area contributed by atoms with Crippen LogP contribution in [0.5, 0.6) is 0 Å². The molecule has 2 amide bonds. The molecule has 204 valence electrons. The zero-order valence-electron chi connectivity index (χ0n) is 22.8. The molecule has 39 heavy (non-hydrogen) atoms. The maximum Gasteiger partial charge on any atom is 0.324 e. The fourth-order valence-electron chi connectivity index (χ4n) is 4.49. The first-order chi connectivity index (χ1) is 18.8. The third-order valence-corrected chi connectivity index (χ3v) is 7.65. The molecule has 1 fully saturated rings. The van der Waals surface area contributed by atoms with Gasteiger partial charge in [0.2, 0.25) is 0 Å². The molecule has 3 aromatic heterocycles. The van der Waals surface area contributed by atoms with Crippen molar-refractivity contribution in [2.24, 2.45) is 0 Å². The van der Waals surface area contributed by atoms with Crippen LogP contribution in [0.3, 0.4) is 0 Å². The molecule has 1 aliphatic heterocycles. The standard InChI is InChI=1S/C27H33N9O2S/c1-6-20-12-24(34-38-20)32-26(37)31-21-8-7-18(11-16(21)2)22-14-28-27(39-22)33-23-13-25(30-17(3)29-23)36-10-9-19(15-36)35(4)5/h7-8,11-14,19H,6,9-10,15H2,1-5H3,(H,28,29,30,33)(H2,31,32,34,37). The Hall–Kier alpha value is -4.03. The minimum absolute atomic E-state index is 0.378. The second kappa shape index (κ2) is 11.4. The van der Waals surface area contributed by atoms with Crippen LogP contribution in [0.1, 0.15) is 30.5 Å². The topological polar surface area (TPSA) is 124 Å². The van der Waals surface area contributed by atoms with Gasteiger partial charge in [0.15, 0.2) is 10.9 Å². The number of nitrogens with one attached hydrogen (secondary N) is 3. The van der Waals surface area contributed by atoms with Crippen molar-refractivity contribution in [1.29, 1.82) is 0 Å². The zero-order valence-corrected chi connectivity index (χ0v) is 23.6. The van der Waals surface area contributed by atoms with Crippen LogP contribution in [-0.2, 0) is 6.42 Å². The summed E-state index contributed by atoms with van der Waals surface area (Å²) in [6.07, 6.45) is 3.67. The molecule has 12 heteroatoms. The number of nitrogens with zero attached hydrogens (tertiary/aromatic N) is 6. The van der Waals surface area contributed by atoms with Crippen molar-refractivity contribution in [3.05, 3.63) is 53.7 Å². The molecule has 5 rings (SSSR count). The van der Waals surface area contributed by atoms with Crippen molar-refractivity contribution in [2.75, 3.05) is 48.0 Å². The number of carbonyl (C=O) groups is 1. The fraction of sp³-hybridized carbons (Fsp3) is 0.370. The molecule has 1 aromatic carbocycles. The summed E-state index contributed by atoms with van der Waals surface area (Å²) in [5, 5.41) is 13.5. The molecule has 1 atom stereocenters. The van der Waals surface area contributed by atoms with Gasteiger partial charge in [0.1, 0.15) is 23.2 Å². The largest absolute Gasteiger partial charge is 0.359 e. The molecule has 1 unspecified atom stereocenters. The number of aryl methyl sites for hydroxylation is 3. The highest BCUT2D eigenvalue weighted by atomic mass is 32.1. The molecule has 11 nitrogen and oxygen atoms in total. The van der Waals surface area contributed by atoms with E-state index in [9.17, 15) is 4.79 Å². The van der Waals surface area contributed by atoms with Crippen molar-refractivity contribution < 1.29 is 9.32 Å². The molecular weight excluding hydrogens is 514 g/mol. The molecule has 0 aliphatic carbocycles. The Morgan fingerprint density at radius 3 is 2.72 bits per heavy atom. The number of carbonyl (C=O) groups excluding carboxylic acids is 1. The number of hydrogen-bond acceptors (Lipinski definition) is 10. The van der Waals surface area contributed by atoms with E-state index in [2.05, 4.69) is 60.0 Å². The molecular formula is C27H33N9O2S. The second-order valence-corrected chi connectivity index (χ2v) is 10.8. The summed E-state index contributed by atoms with van der Waals surface area (Å²) >= 11 is 1.54. The third-order valence-electron chi connectivity index (χ3n) is 6.69. The van der Waals surface area contributed by atoms with Crippen molar-refractivity contribution in [2.45, 2.75) is 39.7 Å². The highest BCUT2D eigenvalue weighted by Gasteiger charge is 2.25. The van der Waals surface area contributed by atoms with Crippen LogP contribution in [0.25, 0.3) is 10.4 Å². The van der Waals surface area contributed by atoms with E-state index in [1.165, 1.54) is 0 Å². The molecule has 0 radical (unpaired) electrons. The predicted octanol–water partition coefficient (Wildman–Crippen LogP) is 5.30. The van der Waals surface area contributed by atoms with Crippen molar-refractivity contribution in [1.82, 2.24) is 25.0 Å². The highest BCUT2D eigenvalue weighted by Crippen LogP contribution is 2.33. The Labute approximate surface area is 231 Å². The first-order valence-electron chi connectivity index (χ1n) is 12.9. The quantitative estimate of drug-likeness (QED) is 0.270. The normalized spacial score (nSPS) is 15.1. The average molecular weight is 548 g/mol. The summed E-state index contributed by atoms with van der Waals surface area (Å²) in [5.74, 6) is 3.48. The summed E-state index contributed by atoms with van der Waals surface area (Å²) < 4.78 is 5.13. The minimum Gasteiger partial charge on any atom is -0.359 e. The van der Waals surface area contributed by atoms with E-state index >= 15 is 0 Å². The fourth-order valence-corrected chi connectivity index (χ4v) is 5.31. The van der Waals surface area contributed by atoms with Crippen LogP contribution in [-0.4, -0.2) is 64.3 Å². The highest BCUT2D eigenvalue weighted by molar-refractivity contribution is 7.18. The summed E-state index contributed by atoms with van der Waals surface area (Å²) in [5.41, 5.74) is 2.65. The molecule has 1 saturated heterocycles. The van der Waals surface area contributed by atoms with Gasteiger partial charge in [0, 0.05) is 49.6 Å².